The van der Waals surface area contributed by atoms with Crippen molar-refractivity contribution in [2.75, 3.05) is 26.3 Å². The zero-order chi connectivity index (χ0) is 26.8. The Morgan fingerprint density at radius 3 is 2.62 bits per heavy atom. The Bertz CT molecular complexity index is 939. The van der Waals surface area contributed by atoms with Crippen molar-refractivity contribution in [3.8, 4) is 5.75 Å². The molecule has 2 N–H and O–H groups in total. The molecule has 3 aliphatic heterocycles. The van der Waals surface area contributed by atoms with E-state index in [9.17, 15) is 13.2 Å². The first-order chi connectivity index (χ1) is 17.5. The van der Waals surface area contributed by atoms with Crippen LogP contribution in [0.15, 0.2) is 35.4 Å². The van der Waals surface area contributed by atoms with Crippen LogP contribution in [0.5, 0.6) is 5.75 Å². The third-order valence-corrected chi connectivity index (χ3v) is 8.43. The van der Waals surface area contributed by atoms with Crippen molar-refractivity contribution in [1.29, 1.82) is 0 Å². The monoisotopic (exact) mass is 542 g/mol. The first-order valence-electron chi connectivity index (χ1n) is 13.3. The molecule has 3 aliphatic rings. The van der Waals surface area contributed by atoms with Crippen LogP contribution in [0.3, 0.4) is 0 Å². The Kier molecular flexibility index (Phi) is 9.05. The molecule has 0 amide bonds. The molecule has 2 saturated heterocycles. The van der Waals surface area contributed by atoms with E-state index >= 15 is 0 Å². The number of benzene rings is 1. The highest BCUT2D eigenvalue weighted by molar-refractivity contribution is 8.03. The van der Waals surface area contributed by atoms with Crippen LogP contribution < -0.4 is 15.5 Å². The van der Waals surface area contributed by atoms with Crippen LogP contribution in [0.4, 0.5) is 13.2 Å². The van der Waals surface area contributed by atoms with E-state index in [-0.39, 0.29) is 29.3 Å². The van der Waals surface area contributed by atoms with Gasteiger partial charge in [0, 0.05) is 49.4 Å². The maximum absolute atomic E-state index is 12.9. The number of hydrazine groups is 1. The van der Waals surface area contributed by atoms with Gasteiger partial charge in [0.2, 0.25) is 0 Å². The lowest BCUT2D eigenvalue weighted by Crippen LogP contribution is -2.48. The third kappa shape index (κ3) is 6.95. The van der Waals surface area contributed by atoms with E-state index in [1.165, 1.54) is 11.8 Å². The summed E-state index contributed by atoms with van der Waals surface area (Å²) in [7, 11) is 0. The third-order valence-electron chi connectivity index (χ3n) is 7.24. The van der Waals surface area contributed by atoms with Crippen molar-refractivity contribution in [3.63, 3.8) is 0 Å². The maximum Gasteiger partial charge on any atom is 0.573 e. The summed E-state index contributed by atoms with van der Waals surface area (Å²) in [5.74, 6) is 0.0452. The molecule has 3 heterocycles. The Hall–Kier alpha value is -1.46. The second kappa shape index (κ2) is 11.7. The minimum absolute atomic E-state index is 0.0762. The molecule has 0 bridgehead atoms. The average Bonchev–Trinajstić information content (AvgIpc) is 3.15. The molecule has 5 atom stereocenters. The Labute approximate surface area is 223 Å². The minimum atomic E-state index is -4.71. The van der Waals surface area contributed by atoms with Gasteiger partial charge in [0.05, 0.1) is 17.5 Å². The fourth-order valence-electron chi connectivity index (χ4n) is 5.63. The number of nitrogens with zero attached hydrogens (tertiary/aromatic N) is 2. The number of nitrogens with one attached hydrogen (secondary N) is 2. The van der Waals surface area contributed by atoms with Crippen LogP contribution in [0, 0.1) is 5.92 Å². The first kappa shape index (κ1) is 28.5. The number of hydrogen-bond acceptors (Lipinski definition) is 7. The average molecular weight is 543 g/mol. The van der Waals surface area contributed by atoms with E-state index in [0.717, 1.165) is 51.1 Å². The lowest BCUT2D eigenvalue weighted by Gasteiger charge is -2.38. The molecule has 6 nitrogen and oxygen atoms in total. The van der Waals surface area contributed by atoms with Crippen LogP contribution >= 0.6 is 11.8 Å². The van der Waals surface area contributed by atoms with Gasteiger partial charge in [-0.25, -0.2) is 5.01 Å². The van der Waals surface area contributed by atoms with Gasteiger partial charge in [-0.05, 0) is 77.1 Å². The number of unbranched alkanes of at least 4 members (excludes halogenated alkanes) is 1. The zero-order valence-corrected chi connectivity index (χ0v) is 23.3. The smallest absolute Gasteiger partial charge is 0.406 e. The second-order valence-electron chi connectivity index (χ2n) is 11.0. The van der Waals surface area contributed by atoms with Crippen molar-refractivity contribution < 1.29 is 22.6 Å². The molecular weight excluding hydrogens is 501 g/mol. The largest absolute Gasteiger partial charge is 0.573 e. The van der Waals surface area contributed by atoms with Crippen LogP contribution in [0.25, 0.3) is 0 Å². The van der Waals surface area contributed by atoms with Gasteiger partial charge >= 0.3 is 6.36 Å². The lowest BCUT2D eigenvalue weighted by atomic mass is 9.85. The summed E-state index contributed by atoms with van der Waals surface area (Å²) in [6.45, 7) is 14.1. The minimum Gasteiger partial charge on any atom is -0.406 e. The summed E-state index contributed by atoms with van der Waals surface area (Å²) in [5, 5.41) is 8.45. The van der Waals surface area contributed by atoms with E-state index in [4.69, 9.17) is 4.74 Å². The summed E-state index contributed by atoms with van der Waals surface area (Å²) in [6, 6.07) is 6.94. The van der Waals surface area contributed by atoms with Crippen molar-refractivity contribution in [2.45, 2.75) is 89.3 Å². The highest BCUT2D eigenvalue weighted by atomic mass is 32.2. The van der Waals surface area contributed by atoms with E-state index in [0.29, 0.717) is 11.4 Å². The number of rotatable bonds is 12. The molecule has 4 rings (SSSR count). The zero-order valence-electron chi connectivity index (χ0n) is 22.5. The number of fused-ring (bicyclic) bond motifs is 1. The Balaban J connectivity index is 1.43. The number of thioether (sulfide) groups is 1. The van der Waals surface area contributed by atoms with Crippen LogP contribution in [-0.2, 0) is 4.74 Å². The molecule has 0 saturated carbocycles. The molecule has 0 aromatic heterocycles. The van der Waals surface area contributed by atoms with Gasteiger partial charge in [-0.3, -0.25) is 5.43 Å². The molecule has 1 aromatic carbocycles. The Morgan fingerprint density at radius 2 is 1.92 bits per heavy atom. The fraction of sp³-hybridized carbons (Fsp3) is 0.704. The molecule has 2 fully saturated rings. The van der Waals surface area contributed by atoms with Gasteiger partial charge in [0.1, 0.15) is 5.75 Å². The molecule has 208 valence electrons. The van der Waals surface area contributed by atoms with Gasteiger partial charge in [-0.15, -0.1) is 24.9 Å². The van der Waals surface area contributed by atoms with Gasteiger partial charge in [-0.2, -0.15) is 0 Å². The summed E-state index contributed by atoms with van der Waals surface area (Å²) in [4.78, 5) is 2.51. The fourth-order valence-corrected chi connectivity index (χ4v) is 6.98. The number of alkyl halides is 3. The highest BCUT2D eigenvalue weighted by Crippen LogP contribution is 2.57. The number of ether oxygens (including phenoxy) is 2. The van der Waals surface area contributed by atoms with Crippen LogP contribution in [0.2, 0.25) is 0 Å². The standard InChI is InChI=1S/C27H41F3N4O2S/c1-6-35-15-8-7-13-31-14-12-20-17-37-25-24(33(20)25)22-18(2)32-34(26(3,4)5)23(22)19-10-9-11-21(16-19)36-27(28,29)30/h9-11,16-18,22-25,31-32H,6-8,12-15H2,1-5H3/t18-,22+,23?,24+,25+,33?/m0/s1. The maximum atomic E-state index is 12.9. The number of halogens is 3. The van der Waals surface area contributed by atoms with Crippen molar-refractivity contribution in [2.24, 2.45) is 5.92 Å². The summed E-state index contributed by atoms with van der Waals surface area (Å²) in [5.41, 5.74) is 5.64. The molecule has 0 spiro atoms. The molecule has 10 heteroatoms. The molecule has 1 unspecified atom stereocenters. The molecule has 0 radical (unpaired) electrons. The van der Waals surface area contributed by atoms with Crippen molar-refractivity contribution in [1.82, 2.24) is 20.7 Å². The van der Waals surface area contributed by atoms with Crippen LogP contribution in [0.1, 0.15) is 65.5 Å². The quantitative estimate of drug-likeness (QED) is 0.262. The normalized spacial score (nSPS) is 27.9. The van der Waals surface area contributed by atoms with Crippen molar-refractivity contribution in [3.05, 3.63) is 40.9 Å². The second-order valence-corrected chi connectivity index (χ2v) is 12.0. The predicted octanol–water partition coefficient (Wildman–Crippen LogP) is 5.64. The first-order valence-corrected chi connectivity index (χ1v) is 14.3. The van der Waals surface area contributed by atoms with Crippen molar-refractivity contribution >= 4 is 11.8 Å². The van der Waals surface area contributed by atoms with E-state index in [1.54, 1.807) is 12.1 Å². The molecule has 1 aromatic rings. The highest BCUT2D eigenvalue weighted by Gasteiger charge is 2.62. The van der Waals surface area contributed by atoms with Gasteiger partial charge < -0.3 is 19.7 Å². The molecule has 0 aliphatic carbocycles. The summed E-state index contributed by atoms with van der Waals surface area (Å²) < 4.78 is 48.5. The van der Waals surface area contributed by atoms with Crippen LogP contribution in [-0.4, -0.2) is 65.6 Å². The summed E-state index contributed by atoms with van der Waals surface area (Å²) >= 11 is 1.87. The summed E-state index contributed by atoms with van der Waals surface area (Å²) in [6.07, 6.45) is -1.56. The SMILES string of the molecule is CCOCCCCNCCC1=CS[C@@H]2[C@@H]([C@H]3C(c4cccc(OC(F)(F)F)c4)N(C(C)(C)C)N[C@H]3C)N12. The van der Waals surface area contributed by atoms with Gasteiger partial charge in [0.25, 0.3) is 0 Å². The molecule has 37 heavy (non-hydrogen) atoms. The van der Waals surface area contributed by atoms with E-state index in [1.807, 2.05) is 24.8 Å². The number of hydrogen-bond donors (Lipinski definition) is 2. The van der Waals surface area contributed by atoms with Gasteiger partial charge in [0.15, 0.2) is 0 Å². The molecular formula is C27H41F3N4O2S. The van der Waals surface area contributed by atoms with E-state index < -0.39 is 6.36 Å². The predicted molar refractivity (Wildman–Crippen MR) is 142 cm³/mol. The van der Waals surface area contributed by atoms with Gasteiger partial charge in [-0.1, -0.05) is 12.1 Å². The Morgan fingerprint density at radius 1 is 1.14 bits per heavy atom. The topological polar surface area (TPSA) is 48.8 Å². The lowest BCUT2D eigenvalue weighted by molar-refractivity contribution is -0.274. The van der Waals surface area contributed by atoms with E-state index in [2.05, 4.69) is 58.5 Å².